The topological polar surface area (TPSA) is 68.3 Å². The molecule has 130 valence electrons. The molecule has 0 aliphatic carbocycles. The Balaban J connectivity index is 1.99. The van der Waals surface area contributed by atoms with Gasteiger partial charge in [0.15, 0.2) is 0 Å². The zero-order chi connectivity index (χ0) is 17.8. The second kappa shape index (κ2) is 7.84. The van der Waals surface area contributed by atoms with Crippen LogP contribution in [0, 0.1) is 0 Å². The lowest BCUT2D eigenvalue weighted by Crippen LogP contribution is -2.13. The van der Waals surface area contributed by atoms with Gasteiger partial charge in [-0.15, -0.1) is 11.3 Å². The SMILES string of the molecule is CCOC(=O)C(C)c1sc(/C=C2\NC(=O)CS2)nc1-c1ccccc1. The Bertz CT molecular complexity index is 815. The van der Waals surface area contributed by atoms with Crippen LogP contribution in [0.3, 0.4) is 0 Å². The van der Waals surface area contributed by atoms with Crippen LogP contribution in [0.25, 0.3) is 17.3 Å². The Morgan fingerprint density at radius 1 is 1.40 bits per heavy atom. The van der Waals surface area contributed by atoms with Crippen LogP contribution in [0.5, 0.6) is 0 Å². The second-order valence-electron chi connectivity index (χ2n) is 5.45. The van der Waals surface area contributed by atoms with E-state index in [2.05, 4.69) is 5.32 Å². The zero-order valence-electron chi connectivity index (χ0n) is 13.9. The third-order valence-electron chi connectivity index (χ3n) is 3.63. The van der Waals surface area contributed by atoms with E-state index in [0.717, 1.165) is 26.2 Å². The van der Waals surface area contributed by atoms with Crippen molar-refractivity contribution in [2.75, 3.05) is 12.4 Å². The molecule has 1 aromatic carbocycles. The number of rotatable bonds is 5. The lowest BCUT2D eigenvalue weighted by molar-refractivity contribution is -0.144. The number of amides is 1. The first-order chi connectivity index (χ1) is 12.1. The molecule has 1 aromatic heterocycles. The second-order valence-corrected chi connectivity index (χ2v) is 7.53. The largest absolute Gasteiger partial charge is 0.466 e. The molecular formula is C18H18N2O3S2. The van der Waals surface area contributed by atoms with Gasteiger partial charge in [-0.25, -0.2) is 4.98 Å². The molecule has 2 heterocycles. The highest BCUT2D eigenvalue weighted by atomic mass is 32.2. The zero-order valence-corrected chi connectivity index (χ0v) is 15.6. The Kier molecular flexibility index (Phi) is 5.55. The van der Waals surface area contributed by atoms with Gasteiger partial charge in [-0.3, -0.25) is 9.59 Å². The number of carbonyl (C=O) groups excluding carboxylic acids is 2. The lowest BCUT2D eigenvalue weighted by Gasteiger charge is -2.10. The number of thioether (sulfide) groups is 1. The molecular weight excluding hydrogens is 356 g/mol. The van der Waals surface area contributed by atoms with E-state index < -0.39 is 5.92 Å². The Morgan fingerprint density at radius 3 is 2.80 bits per heavy atom. The van der Waals surface area contributed by atoms with E-state index in [1.807, 2.05) is 43.3 Å². The van der Waals surface area contributed by atoms with E-state index in [4.69, 9.17) is 9.72 Å². The Labute approximate surface area is 154 Å². The van der Waals surface area contributed by atoms with Crippen molar-refractivity contribution in [1.82, 2.24) is 10.3 Å². The van der Waals surface area contributed by atoms with Crippen LogP contribution in [0.15, 0.2) is 35.4 Å². The third kappa shape index (κ3) is 4.11. The van der Waals surface area contributed by atoms with Crippen LogP contribution >= 0.6 is 23.1 Å². The molecule has 0 bridgehead atoms. The summed E-state index contributed by atoms with van der Waals surface area (Å²) < 4.78 is 5.17. The molecule has 1 unspecified atom stereocenters. The van der Waals surface area contributed by atoms with Gasteiger partial charge in [-0.05, 0) is 13.8 Å². The van der Waals surface area contributed by atoms with E-state index in [0.29, 0.717) is 12.4 Å². The summed E-state index contributed by atoms with van der Waals surface area (Å²) in [6.45, 7) is 3.98. The molecule has 1 amide bonds. The first-order valence-electron chi connectivity index (χ1n) is 7.95. The molecule has 0 saturated carbocycles. The van der Waals surface area contributed by atoms with E-state index in [-0.39, 0.29) is 11.9 Å². The van der Waals surface area contributed by atoms with Gasteiger partial charge < -0.3 is 10.1 Å². The Hall–Kier alpha value is -2.12. The maximum atomic E-state index is 12.2. The summed E-state index contributed by atoms with van der Waals surface area (Å²) in [5.41, 5.74) is 1.74. The number of hydrogen-bond acceptors (Lipinski definition) is 6. The number of nitrogens with zero attached hydrogens (tertiary/aromatic N) is 1. The molecule has 1 N–H and O–H groups in total. The number of nitrogens with one attached hydrogen (secondary N) is 1. The molecule has 1 atom stereocenters. The number of benzene rings is 1. The average Bonchev–Trinajstić information content (AvgIpc) is 3.22. The summed E-state index contributed by atoms with van der Waals surface area (Å²) in [6, 6.07) is 9.77. The highest BCUT2D eigenvalue weighted by Gasteiger charge is 2.25. The van der Waals surface area contributed by atoms with Gasteiger partial charge in [0.25, 0.3) is 0 Å². The first kappa shape index (κ1) is 17.7. The molecule has 2 aromatic rings. The lowest BCUT2D eigenvalue weighted by atomic mass is 10.0. The van der Waals surface area contributed by atoms with Crippen LogP contribution in [-0.4, -0.2) is 29.2 Å². The van der Waals surface area contributed by atoms with Crippen LogP contribution in [0.4, 0.5) is 0 Å². The number of hydrogen-bond donors (Lipinski definition) is 1. The molecule has 1 aliphatic heterocycles. The number of ether oxygens (including phenoxy) is 1. The quantitative estimate of drug-likeness (QED) is 0.809. The predicted molar refractivity (Wildman–Crippen MR) is 101 cm³/mol. The van der Waals surface area contributed by atoms with Crippen molar-refractivity contribution in [3.63, 3.8) is 0 Å². The van der Waals surface area contributed by atoms with E-state index in [9.17, 15) is 9.59 Å². The molecule has 0 radical (unpaired) electrons. The standard InChI is InChI=1S/C18H18N2O3S2/c1-3-23-18(22)11(2)17-16(12-7-5-4-6-8-12)20-15(25-17)9-14-19-13(21)10-24-14/h4-9,11H,3,10H2,1-2H3,(H,19,21)/b14-9+. The molecule has 3 rings (SSSR count). The molecule has 0 spiro atoms. The van der Waals surface area contributed by atoms with Gasteiger partial charge in [0, 0.05) is 16.5 Å². The average molecular weight is 374 g/mol. The first-order valence-corrected chi connectivity index (χ1v) is 9.75. The third-order valence-corrected chi connectivity index (χ3v) is 5.75. The number of thiazole rings is 1. The van der Waals surface area contributed by atoms with Gasteiger partial charge >= 0.3 is 5.97 Å². The highest BCUT2D eigenvalue weighted by molar-refractivity contribution is 8.04. The van der Waals surface area contributed by atoms with Crippen LogP contribution < -0.4 is 5.32 Å². The van der Waals surface area contributed by atoms with Crippen molar-refractivity contribution >= 4 is 41.1 Å². The monoisotopic (exact) mass is 374 g/mol. The fraction of sp³-hybridized carbons (Fsp3) is 0.278. The van der Waals surface area contributed by atoms with Gasteiger partial charge in [-0.1, -0.05) is 42.1 Å². The van der Waals surface area contributed by atoms with E-state index in [1.165, 1.54) is 23.1 Å². The van der Waals surface area contributed by atoms with Gasteiger partial charge in [0.1, 0.15) is 5.01 Å². The van der Waals surface area contributed by atoms with Crippen LogP contribution in [0.2, 0.25) is 0 Å². The normalized spacial score (nSPS) is 16.7. The highest BCUT2D eigenvalue weighted by Crippen LogP contribution is 2.36. The molecule has 1 fully saturated rings. The summed E-state index contributed by atoms with van der Waals surface area (Å²) in [6.07, 6.45) is 1.86. The van der Waals surface area contributed by atoms with E-state index in [1.54, 1.807) is 6.92 Å². The fourth-order valence-corrected chi connectivity index (χ4v) is 4.31. The Morgan fingerprint density at radius 2 is 2.16 bits per heavy atom. The maximum Gasteiger partial charge on any atom is 0.314 e. The number of aromatic nitrogens is 1. The van der Waals surface area contributed by atoms with Gasteiger partial charge in [0.2, 0.25) is 5.91 Å². The summed E-state index contributed by atoms with van der Waals surface area (Å²) >= 11 is 2.91. The summed E-state index contributed by atoms with van der Waals surface area (Å²) in [5, 5.41) is 4.35. The molecule has 1 aliphatic rings. The van der Waals surface area contributed by atoms with Crippen molar-refractivity contribution < 1.29 is 14.3 Å². The smallest absolute Gasteiger partial charge is 0.314 e. The van der Waals surface area contributed by atoms with Crippen molar-refractivity contribution in [1.29, 1.82) is 0 Å². The van der Waals surface area contributed by atoms with Gasteiger partial charge in [-0.2, -0.15) is 0 Å². The molecule has 25 heavy (non-hydrogen) atoms. The molecule has 5 nitrogen and oxygen atoms in total. The minimum Gasteiger partial charge on any atom is -0.466 e. The fourth-order valence-electron chi connectivity index (χ4n) is 2.42. The summed E-state index contributed by atoms with van der Waals surface area (Å²) in [4.78, 5) is 29.1. The van der Waals surface area contributed by atoms with Crippen molar-refractivity contribution in [2.24, 2.45) is 0 Å². The van der Waals surface area contributed by atoms with Crippen molar-refractivity contribution in [3.8, 4) is 11.3 Å². The minimum atomic E-state index is -0.398. The van der Waals surface area contributed by atoms with E-state index >= 15 is 0 Å². The number of esters is 1. The molecule has 7 heteroatoms. The molecule has 1 saturated heterocycles. The van der Waals surface area contributed by atoms with Crippen molar-refractivity contribution in [3.05, 3.63) is 45.2 Å². The van der Waals surface area contributed by atoms with Gasteiger partial charge in [0.05, 0.1) is 29.0 Å². The predicted octanol–water partition coefficient (Wildman–Crippen LogP) is 3.64. The maximum absolute atomic E-state index is 12.2. The number of carbonyl (C=O) groups is 2. The minimum absolute atomic E-state index is 0.00351. The van der Waals surface area contributed by atoms with Crippen LogP contribution in [-0.2, 0) is 14.3 Å². The summed E-state index contributed by atoms with van der Waals surface area (Å²) in [5.74, 6) is -0.234. The van der Waals surface area contributed by atoms with Crippen molar-refractivity contribution in [2.45, 2.75) is 19.8 Å². The summed E-state index contributed by atoms with van der Waals surface area (Å²) in [7, 11) is 0. The van der Waals surface area contributed by atoms with Crippen LogP contribution in [0.1, 0.15) is 29.7 Å².